The summed E-state index contributed by atoms with van der Waals surface area (Å²) < 4.78 is 32.0. The molecule has 0 aliphatic heterocycles. The molecule has 125 heavy (non-hydrogen) atoms. The molecule has 0 fully saturated rings. The largest absolute Gasteiger partial charge is 0.494 e. The summed E-state index contributed by atoms with van der Waals surface area (Å²) in [6.45, 7) is 1.54. The van der Waals surface area contributed by atoms with Gasteiger partial charge in [-0.3, -0.25) is 95.9 Å². The number of H-pyrrole nitrogens is 1. The third-order valence-corrected chi connectivity index (χ3v) is 19.7. The Morgan fingerprint density at radius 3 is 1.71 bits per heavy atom. The van der Waals surface area contributed by atoms with Crippen molar-refractivity contribution < 1.29 is 141 Å². The van der Waals surface area contributed by atoms with E-state index in [0.29, 0.717) is 45.3 Å². The molecular formula is C79H103N17O28S. The minimum atomic E-state index is -2.42. The van der Waals surface area contributed by atoms with Gasteiger partial charge in [-0.2, -0.15) is 0 Å². The van der Waals surface area contributed by atoms with E-state index < -0.39 is 273 Å². The number of hydrogen-bond donors (Lipinski definition) is 24. The van der Waals surface area contributed by atoms with Gasteiger partial charge in [0.05, 0.1) is 81.1 Å². The van der Waals surface area contributed by atoms with E-state index in [4.69, 9.17) is 31.9 Å². The number of nitrogens with two attached hydrogens (primary N) is 4. The van der Waals surface area contributed by atoms with Gasteiger partial charge in [-0.1, -0.05) is 69.5 Å². The zero-order chi connectivity index (χ0) is 95.7. The van der Waals surface area contributed by atoms with E-state index in [1.807, 2.05) is 26.6 Å². The number of carbonyl (C=O) groups is 20. The molecule has 0 unspecified atom stereocenters. The average Bonchev–Trinajstić information content (AvgIpc) is 1.38. The molecule has 46 heteroatoms. The lowest BCUT2D eigenvalue weighted by Gasteiger charge is -2.26. The Kier molecular flexibility index (Phi) is 38.6. The predicted octanol–water partition coefficient (Wildman–Crippen LogP) is -4.22. The fourth-order valence-corrected chi connectivity index (χ4v) is 12.9. The SMILES string of the molecule is [2H]N(CC(=O)N[C@@H](CO)C(=O)N[C@H](C(=O)c1cccc(C(=O)C[C@H](N)C(=O)O)c1N)[C@H](C)CC(=O)O)C(=O)[C@H](CC(=O)O)NC(=O)[C@H](C)NC(=O)[C@H](CC(=O)O)N([2H])C(=O)[C@H](CCCN)NC(=O)CNC(=O)[C@@H](NC(=O)[C@H](CC(=O)O)NC(=O)[C@H](CC(N)=O)NC(=O)[C@H](Cc1c[nH]c2ccccc12)N([2H])C(=O)c1cc(-c2ccc(OCCCCCC)cc2)cs1)[C@@H](C)O. The van der Waals surface area contributed by atoms with Crippen molar-refractivity contribution in [2.75, 3.05) is 38.6 Å². The third-order valence-electron chi connectivity index (χ3n) is 18.7. The van der Waals surface area contributed by atoms with E-state index in [-0.39, 0.29) is 40.4 Å². The topological polar surface area (TPSA) is 756 Å². The van der Waals surface area contributed by atoms with E-state index in [1.165, 1.54) is 19.2 Å². The highest BCUT2D eigenvalue weighted by Gasteiger charge is 2.39. The number of para-hydroxylation sites is 2. The minimum Gasteiger partial charge on any atom is -0.494 e. The molecule has 5 rings (SSSR count). The quantitative estimate of drug-likeness (QED) is 0.00997. The second-order valence-electron chi connectivity index (χ2n) is 28.7. The number of carbonyl (C=O) groups excluding carboxylic acids is 15. The number of hydrogen-bond acceptors (Lipinski definition) is 27. The molecule has 0 spiro atoms. The lowest BCUT2D eigenvalue weighted by molar-refractivity contribution is -0.142. The molecule has 0 saturated heterocycles. The zero-order valence-electron chi connectivity index (χ0n) is 71.1. The number of aromatic amines is 1. The molecule has 45 nitrogen and oxygen atoms in total. The van der Waals surface area contributed by atoms with Gasteiger partial charge in [0.1, 0.15) is 66.2 Å². The summed E-state index contributed by atoms with van der Waals surface area (Å²) in [5, 5.41) is 90.0. The fourth-order valence-electron chi connectivity index (χ4n) is 12.1. The number of rotatable bonds is 55. The number of benzene rings is 3. The monoisotopic (exact) mass is 1770 g/mol. The maximum absolute atomic E-state index is 14.6. The number of aliphatic carboxylic acids is 5. The number of unbranched alkanes of at least 4 members (excludes halogenated alkanes) is 3. The van der Waals surface area contributed by atoms with Crippen LogP contribution in [0, 0.1) is 5.92 Å². The van der Waals surface area contributed by atoms with Crippen LogP contribution in [0.1, 0.15) is 141 Å². The lowest BCUT2D eigenvalue weighted by Crippen LogP contribution is -2.61. The van der Waals surface area contributed by atoms with Crippen molar-refractivity contribution in [1.29, 1.82) is 0 Å². The average molecular weight is 1770 g/mol. The maximum Gasteiger partial charge on any atom is 0.320 e. The number of carboxylic acids is 5. The molecule has 5 aromatic rings. The van der Waals surface area contributed by atoms with Gasteiger partial charge in [-0.25, -0.2) is 0 Å². The summed E-state index contributed by atoms with van der Waals surface area (Å²) in [5.74, 6) is -29.4. The smallest absolute Gasteiger partial charge is 0.320 e. The molecule has 678 valence electrons. The first-order chi connectivity index (χ1) is 60.3. The molecule has 28 N–H and O–H groups in total. The number of carboxylic acid groups (broad SMARTS) is 5. The molecular weight excluding hydrogens is 1670 g/mol. The molecule has 0 bridgehead atoms. The second kappa shape index (κ2) is 49.9. The number of aromatic nitrogens is 1. The van der Waals surface area contributed by atoms with Gasteiger partial charge in [-0.05, 0) is 104 Å². The van der Waals surface area contributed by atoms with Crippen LogP contribution in [-0.2, 0) is 87.9 Å². The van der Waals surface area contributed by atoms with Gasteiger partial charge in [0.2, 0.25) is 70.9 Å². The number of fused-ring (bicyclic) bond motifs is 1. The molecule has 0 radical (unpaired) electrons. The van der Waals surface area contributed by atoms with Crippen LogP contribution in [0.3, 0.4) is 0 Å². The molecule has 13 amide bonds. The molecule has 2 aromatic heterocycles. The number of Topliss-reactive ketones (excluding diaryl/α,β-unsaturated/α-hetero) is 2. The Hall–Kier alpha value is -13.9. The maximum atomic E-state index is 14.6. The van der Waals surface area contributed by atoms with Crippen LogP contribution < -0.4 is 91.5 Å². The van der Waals surface area contributed by atoms with Crippen molar-refractivity contribution in [3.05, 3.63) is 106 Å². The molecule has 3 aromatic carbocycles. The second-order valence-corrected chi connectivity index (χ2v) is 29.6. The number of aliphatic hydroxyl groups excluding tert-OH is 2. The van der Waals surface area contributed by atoms with E-state index in [2.05, 4.69) is 33.2 Å². The Morgan fingerprint density at radius 1 is 0.544 bits per heavy atom. The predicted molar refractivity (Wildman–Crippen MR) is 441 cm³/mol. The molecule has 0 aliphatic carbocycles. The lowest BCUT2D eigenvalue weighted by atomic mass is 9.88. The van der Waals surface area contributed by atoms with E-state index in [9.17, 15) is 132 Å². The molecule has 2 heterocycles. The summed E-state index contributed by atoms with van der Waals surface area (Å²) in [6.07, 6.45) is -4.08. The number of ether oxygens (including phenoxy) is 1. The van der Waals surface area contributed by atoms with Gasteiger partial charge in [0.15, 0.2) is 15.8 Å². The molecule has 0 aliphatic rings. The van der Waals surface area contributed by atoms with Crippen LogP contribution in [0.4, 0.5) is 5.69 Å². The number of primary amides is 1. The first kappa shape index (κ1) is 96.6. The number of nitrogen functional groups attached to an aromatic ring is 1. The first-order valence-electron chi connectivity index (χ1n) is 40.3. The Bertz CT molecular complexity index is 4900. The standard InChI is InChI=1S/C79H103N17O28S/c1-5-6-7-10-23-124-43-20-18-40(19-21-43)42-26-57(125-36-42)77(120)94-50(25-41-32-84-48-16-9-8-13-44(41)48)73(116)91-51(28-58(82)100)74(117)93-54(31-64(109)110)75(118)96-67(39(4)98)78(121)86-34-59(101)88-49(17-12-22-80)71(114)92-53(30-63(107)108)72(115)87-38(3)69(112)90-52(29-62(105)106)70(113)85-33-60(102)89-55(35-97)76(119)95-66(37(2)24-61(103)104)68(111)46-15-11-14-45(65(46)83)56(99)27-47(81)79(122)123/h8-9,11,13-16,18-21,26,32,36-39,47,49-55,66-67,84,97-98H,5-7,10,12,17,22-25,27-31,33-35,80-81,83H2,1-4H3,(H2,82,100)(H,85,113)(H,86,121)(H,87,115)(H,88,101)(H,89,102)(H,90,112)(H,91,116)(H,92,114)(H,93,117)(H,94,120)(H,95,119)(H,96,118)(H,103,104)(H,105,106)(H,107,108)(H,109,110)(H,122,123)/t37-,38+,39-,47+,49+,50+,51+,52+,53+,54+,55+,66+,67+/m1/s1/i/hD3. The molecule has 13 atom stereocenters. The van der Waals surface area contributed by atoms with Crippen LogP contribution in [0.25, 0.3) is 22.0 Å². The van der Waals surface area contributed by atoms with Gasteiger partial charge in [-0.15, -0.1) is 11.3 Å². The van der Waals surface area contributed by atoms with Crippen molar-refractivity contribution >= 4 is 146 Å². The number of amides is 13. The van der Waals surface area contributed by atoms with E-state index >= 15 is 0 Å². The van der Waals surface area contributed by atoms with Crippen molar-refractivity contribution in [2.45, 2.75) is 184 Å². The number of aliphatic hydroxyl groups is 2. The summed E-state index contributed by atoms with van der Waals surface area (Å²) in [6, 6.07) is -3.66. The zero-order valence-corrected chi connectivity index (χ0v) is 68.9. The number of ketones is 2. The number of anilines is 1. The van der Waals surface area contributed by atoms with Crippen molar-refractivity contribution in [1.82, 2.24) is 68.8 Å². The Labute approximate surface area is 720 Å². The third kappa shape index (κ3) is 32.8. The van der Waals surface area contributed by atoms with Crippen LogP contribution in [0.15, 0.2) is 84.4 Å². The molecule has 0 saturated carbocycles. The summed E-state index contributed by atoms with van der Waals surface area (Å²) >= 11 is 0.962. The Balaban J connectivity index is 1.24. The van der Waals surface area contributed by atoms with E-state index in [1.54, 1.807) is 53.9 Å². The fraction of sp³-hybridized carbons (Fsp3) is 0.443. The number of thiophene rings is 1. The van der Waals surface area contributed by atoms with Gasteiger partial charge in [0.25, 0.3) is 5.91 Å². The Morgan fingerprint density at radius 2 is 1.10 bits per heavy atom. The number of nitrogens with one attached hydrogen (secondary N) is 13. The van der Waals surface area contributed by atoms with E-state index in [0.717, 1.165) is 69.1 Å². The summed E-state index contributed by atoms with van der Waals surface area (Å²) in [4.78, 5) is 269. The van der Waals surface area contributed by atoms with Gasteiger partial charge < -0.3 is 132 Å². The minimum absolute atomic E-state index is 0.00917. The first-order valence-corrected chi connectivity index (χ1v) is 39.8. The van der Waals surface area contributed by atoms with Crippen LogP contribution in [-0.4, -0.2) is 264 Å². The van der Waals surface area contributed by atoms with Crippen LogP contribution >= 0.6 is 11.3 Å². The highest BCUT2D eigenvalue weighted by molar-refractivity contribution is 7.12. The summed E-state index contributed by atoms with van der Waals surface area (Å²) in [5.41, 5.74) is 23.7. The highest BCUT2D eigenvalue weighted by atomic mass is 32.1. The van der Waals surface area contributed by atoms with Crippen molar-refractivity contribution in [3.8, 4) is 16.9 Å². The summed E-state index contributed by atoms with van der Waals surface area (Å²) in [7, 11) is 0. The van der Waals surface area contributed by atoms with Gasteiger partial charge >= 0.3 is 29.8 Å². The van der Waals surface area contributed by atoms with Crippen molar-refractivity contribution in [3.63, 3.8) is 0 Å². The highest BCUT2D eigenvalue weighted by Crippen LogP contribution is 2.29. The normalized spacial score (nSPS) is 14.5. The van der Waals surface area contributed by atoms with Gasteiger partial charge in [0, 0.05) is 41.1 Å². The van der Waals surface area contributed by atoms with Crippen LogP contribution in [0.2, 0.25) is 4.24 Å². The van der Waals surface area contributed by atoms with Crippen molar-refractivity contribution in [2.24, 2.45) is 23.1 Å². The van der Waals surface area contributed by atoms with Crippen LogP contribution in [0.5, 0.6) is 5.75 Å².